The first-order chi connectivity index (χ1) is 20.6. The number of nitrogens with one attached hydrogen (secondary N) is 3. The van der Waals surface area contributed by atoms with Crippen molar-refractivity contribution < 1.29 is 23.1 Å². The zero-order valence-electron chi connectivity index (χ0n) is 27.8. The molecule has 3 N–H and O–H groups in total. The number of amides is 2. The van der Waals surface area contributed by atoms with E-state index in [9.17, 15) is 18.4 Å². The predicted molar refractivity (Wildman–Crippen MR) is 176 cm³/mol. The maximum absolute atomic E-state index is 14.3. The third-order valence-electron chi connectivity index (χ3n) is 5.44. The first-order valence-electron chi connectivity index (χ1n) is 15.7. The molecule has 0 radical (unpaired) electrons. The highest BCUT2D eigenvalue weighted by molar-refractivity contribution is 5.88. The summed E-state index contributed by atoms with van der Waals surface area (Å²) in [4.78, 5) is 24.6. The van der Waals surface area contributed by atoms with Crippen LogP contribution in [0.1, 0.15) is 93.1 Å². The van der Waals surface area contributed by atoms with Crippen molar-refractivity contribution in [3.05, 3.63) is 78.0 Å². The molecule has 0 saturated carbocycles. The molecule has 0 aromatic heterocycles. The fourth-order valence-electron chi connectivity index (χ4n) is 3.32. The molecule has 0 aliphatic rings. The molecule has 2 amide bonds. The molecule has 0 spiro atoms. The van der Waals surface area contributed by atoms with Crippen LogP contribution in [0, 0.1) is 17.6 Å². The molecule has 0 saturated heterocycles. The summed E-state index contributed by atoms with van der Waals surface area (Å²) in [7, 11) is 0. The molecular formula is C35H57F2N3O3. The summed E-state index contributed by atoms with van der Waals surface area (Å²) in [5.74, 6) is -0.0584. The van der Waals surface area contributed by atoms with Gasteiger partial charge in [0.25, 0.3) is 0 Å². The summed E-state index contributed by atoms with van der Waals surface area (Å²) in [6.45, 7) is 21.0. The van der Waals surface area contributed by atoms with E-state index in [0.717, 1.165) is 18.5 Å². The summed E-state index contributed by atoms with van der Waals surface area (Å²) >= 11 is 0. The summed E-state index contributed by atoms with van der Waals surface area (Å²) in [5, 5.41) is 8.55. The maximum Gasteiger partial charge on any atom is 0.242 e. The van der Waals surface area contributed by atoms with E-state index in [0.29, 0.717) is 49.6 Å². The van der Waals surface area contributed by atoms with Crippen molar-refractivity contribution in [3.63, 3.8) is 0 Å². The number of halogens is 2. The van der Waals surface area contributed by atoms with Crippen LogP contribution in [-0.4, -0.2) is 37.6 Å². The number of rotatable bonds is 15. The van der Waals surface area contributed by atoms with Crippen molar-refractivity contribution in [1.82, 2.24) is 16.0 Å². The van der Waals surface area contributed by atoms with Gasteiger partial charge in [-0.05, 0) is 55.9 Å². The van der Waals surface area contributed by atoms with E-state index in [1.54, 1.807) is 30.3 Å². The largest absolute Gasteiger partial charge is 0.493 e. The molecule has 1 atom stereocenters. The maximum atomic E-state index is 14.3. The van der Waals surface area contributed by atoms with Gasteiger partial charge in [-0.15, -0.1) is 0 Å². The van der Waals surface area contributed by atoms with Crippen LogP contribution < -0.4 is 20.7 Å². The van der Waals surface area contributed by atoms with Crippen LogP contribution in [0.2, 0.25) is 0 Å². The molecule has 6 nitrogen and oxygen atoms in total. The van der Waals surface area contributed by atoms with Gasteiger partial charge in [-0.25, -0.2) is 8.78 Å². The molecule has 2 rings (SSSR count). The Bertz CT molecular complexity index is 1000. The number of carbonyl (C=O) groups is 2. The zero-order valence-corrected chi connectivity index (χ0v) is 27.8. The normalized spacial score (nSPS) is 10.4. The van der Waals surface area contributed by atoms with Crippen LogP contribution in [0.4, 0.5) is 8.78 Å². The fraction of sp³-hybridized carbons (Fsp3) is 0.543. The Morgan fingerprint density at radius 3 is 2.07 bits per heavy atom. The minimum Gasteiger partial charge on any atom is -0.493 e. The molecule has 244 valence electrons. The molecule has 43 heavy (non-hydrogen) atoms. The van der Waals surface area contributed by atoms with E-state index in [1.165, 1.54) is 24.6 Å². The first-order valence-corrected chi connectivity index (χ1v) is 15.7. The van der Waals surface area contributed by atoms with Gasteiger partial charge in [-0.2, -0.15) is 0 Å². The van der Waals surface area contributed by atoms with Gasteiger partial charge in [0, 0.05) is 17.8 Å². The van der Waals surface area contributed by atoms with E-state index >= 15 is 0 Å². The average Bonchev–Trinajstić information content (AvgIpc) is 2.99. The summed E-state index contributed by atoms with van der Waals surface area (Å²) in [6.07, 6.45) is 4.31. The molecule has 2 aromatic carbocycles. The lowest BCUT2D eigenvalue weighted by molar-refractivity contribution is -0.128. The van der Waals surface area contributed by atoms with Crippen LogP contribution in [0.25, 0.3) is 0 Å². The topological polar surface area (TPSA) is 79.5 Å². The molecule has 2 aromatic rings. The van der Waals surface area contributed by atoms with Gasteiger partial charge in [0.1, 0.15) is 23.4 Å². The standard InChI is InChI=1S/C24H38FN3O3.C6H5F.C3H8.C2H6/c1-6-10-21(28-23(29)15-27-18(5)7-2)24(30)26-14-9-11-19-20(25)12-8-13-22(19)31-16-17(3)4;7-6-4-2-1-3-5-6;1-3-2;1-2/h8,12-13,17,21,27H,5-7,9-11,14-16H2,1-4H3,(H,26,30)(H,28,29);1-5H;3H2,1-2H3;1-2H3. The van der Waals surface area contributed by atoms with Crippen LogP contribution in [-0.2, 0) is 16.0 Å². The Morgan fingerprint density at radius 2 is 1.56 bits per heavy atom. The average molecular weight is 606 g/mol. The molecular weight excluding hydrogens is 548 g/mol. The highest BCUT2D eigenvalue weighted by Gasteiger charge is 2.19. The van der Waals surface area contributed by atoms with E-state index in [-0.39, 0.29) is 30.0 Å². The van der Waals surface area contributed by atoms with E-state index in [1.807, 2.05) is 41.5 Å². The lowest BCUT2D eigenvalue weighted by atomic mass is 10.1. The van der Waals surface area contributed by atoms with Gasteiger partial charge in [0.05, 0.1) is 13.2 Å². The third-order valence-corrected chi connectivity index (χ3v) is 5.44. The van der Waals surface area contributed by atoms with Crippen LogP contribution in [0.15, 0.2) is 60.8 Å². The summed E-state index contributed by atoms with van der Waals surface area (Å²) in [5.41, 5.74) is 1.30. The third kappa shape index (κ3) is 21.9. The zero-order chi connectivity index (χ0) is 33.0. The molecule has 0 aliphatic heterocycles. The van der Waals surface area contributed by atoms with Gasteiger partial charge in [0.15, 0.2) is 0 Å². The summed E-state index contributed by atoms with van der Waals surface area (Å²) < 4.78 is 31.9. The monoisotopic (exact) mass is 605 g/mol. The fourth-order valence-corrected chi connectivity index (χ4v) is 3.32. The molecule has 0 aliphatic carbocycles. The van der Waals surface area contributed by atoms with Gasteiger partial charge in [0.2, 0.25) is 11.8 Å². The highest BCUT2D eigenvalue weighted by Crippen LogP contribution is 2.23. The highest BCUT2D eigenvalue weighted by atomic mass is 19.1. The summed E-state index contributed by atoms with van der Waals surface area (Å²) in [6, 6.07) is 12.2. The first kappa shape index (κ1) is 41.7. The molecule has 0 heterocycles. The lowest BCUT2D eigenvalue weighted by Gasteiger charge is -2.19. The number of hydrogen-bond donors (Lipinski definition) is 3. The minimum absolute atomic E-state index is 0.0899. The van der Waals surface area contributed by atoms with E-state index in [2.05, 4.69) is 36.4 Å². The van der Waals surface area contributed by atoms with Crippen molar-refractivity contribution in [2.45, 2.75) is 100.0 Å². The lowest BCUT2D eigenvalue weighted by Crippen LogP contribution is -2.49. The number of allylic oxidation sites excluding steroid dienone is 1. The Kier molecular flexibility index (Phi) is 26.6. The number of carbonyl (C=O) groups excluding carboxylic acids is 2. The Balaban J connectivity index is 0. The molecule has 8 heteroatoms. The van der Waals surface area contributed by atoms with Crippen LogP contribution in [0.3, 0.4) is 0 Å². The second kappa shape index (κ2) is 27.4. The quantitative estimate of drug-likeness (QED) is 0.180. The van der Waals surface area contributed by atoms with Crippen molar-refractivity contribution >= 4 is 11.8 Å². The van der Waals surface area contributed by atoms with Crippen LogP contribution in [0.5, 0.6) is 5.75 Å². The predicted octanol–water partition coefficient (Wildman–Crippen LogP) is 7.98. The Morgan fingerprint density at radius 1 is 0.930 bits per heavy atom. The molecule has 0 bridgehead atoms. The molecule has 1 unspecified atom stereocenters. The van der Waals surface area contributed by atoms with Crippen molar-refractivity contribution in [2.24, 2.45) is 5.92 Å². The molecule has 0 fully saturated rings. The minimum atomic E-state index is -0.590. The number of benzene rings is 2. The van der Waals surface area contributed by atoms with Gasteiger partial charge >= 0.3 is 0 Å². The van der Waals surface area contributed by atoms with Crippen LogP contribution >= 0.6 is 0 Å². The van der Waals surface area contributed by atoms with Gasteiger partial charge < -0.3 is 20.7 Å². The van der Waals surface area contributed by atoms with E-state index < -0.39 is 6.04 Å². The SMILES string of the molecule is C=C(CC)NCC(=O)NC(CCC)C(=O)NCCCc1c(F)cccc1OCC(C)C.CC.CCC.Fc1ccccc1. The number of ether oxygens (including phenoxy) is 1. The number of hydrogen-bond acceptors (Lipinski definition) is 4. The van der Waals surface area contributed by atoms with Crippen molar-refractivity contribution in [2.75, 3.05) is 19.7 Å². The van der Waals surface area contributed by atoms with Gasteiger partial charge in [-0.3, -0.25) is 9.59 Å². The Hall–Kier alpha value is -3.42. The Labute approximate surface area is 260 Å². The smallest absolute Gasteiger partial charge is 0.242 e. The van der Waals surface area contributed by atoms with Gasteiger partial charge in [-0.1, -0.05) is 99.1 Å². The second-order valence-electron chi connectivity index (χ2n) is 10.0. The second-order valence-corrected chi connectivity index (χ2v) is 10.0. The van der Waals surface area contributed by atoms with Crippen molar-refractivity contribution in [1.29, 1.82) is 0 Å². The van der Waals surface area contributed by atoms with Crippen molar-refractivity contribution in [3.8, 4) is 5.75 Å². The van der Waals surface area contributed by atoms with E-state index in [4.69, 9.17) is 4.74 Å².